The van der Waals surface area contributed by atoms with Gasteiger partial charge < -0.3 is 19.8 Å². The molecular weight excluding hydrogens is 407 g/mol. The Labute approximate surface area is 187 Å². The molecular formula is C24H27FN6O. The molecule has 2 fully saturated rings. The minimum Gasteiger partial charge on any atom is -0.394 e. The second-order valence-corrected chi connectivity index (χ2v) is 8.25. The van der Waals surface area contributed by atoms with Crippen LogP contribution >= 0.6 is 0 Å². The van der Waals surface area contributed by atoms with Crippen molar-refractivity contribution in [2.24, 2.45) is 0 Å². The summed E-state index contributed by atoms with van der Waals surface area (Å²) in [6.07, 6.45) is 5.50. The van der Waals surface area contributed by atoms with Crippen LogP contribution in [0.2, 0.25) is 0 Å². The van der Waals surface area contributed by atoms with Crippen molar-refractivity contribution in [3.8, 4) is 11.4 Å². The number of anilines is 3. The molecule has 32 heavy (non-hydrogen) atoms. The lowest BCUT2D eigenvalue weighted by Crippen LogP contribution is -2.47. The number of para-hydroxylation sites is 1. The summed E-state index contributed by atoms with van der Waals surface area (Å²) in [6, 6.07) is 12.9. The fourth-order valence-corrected chi connectivity index (χ4v) is 4.57. The van der Waals surface area contributed by atoms with Gasteiger partial charge in [-0.2, -0.15) is 0 Å². The Hall–Kier alpha value is -3.26. The molecule has 1 unspecified atom stereocenters. The molecule has 2 aliphatic heterocycles. The van der Waals surface area contributed by atoms with E-state index in [4.69, 9.17) is 9.97 Å². The Kier molecular flexibility index (Phi) is 5.85. The van der Waals surface area contributed by atoms with Crippen molar-refractivity contribution >= 4 is 17.3 Å². The Morgan fingerprint density at radius 3 is 2.47 bits per heavy atom. The highest BCUT2D eigenvalue weighted by molar-refractivity contribution is 5.62. The van der Waals surface area contributed by atoms with E-state index >= 15 is 0 Å². The van der Waals surface area contributed by atoms with Crippen molar-refractivity contribution in [2.45, 2.75) is 18.9 Å². The normalized spacial score (nSPS) is 18.9. The number of rotatable bonds is 5. The van der Waals surface area contributed by atoms with Crippen LogP contribution in [-0.2, 0) is 0 Å². The second-order valence-electron chi connectivity index (χ2n) is 8.25. The molecule has 0 amide bonds. The van der Waals surface area contributed by atoms with Crippen LogP contribution in [0, 0.1) is 5.82 Å². The molecule has 0 saturated carbocycles. The first-order valence-corrected chi connectivity index (χ1v) is 11.1. The van der Waals surface area contributed by atoms with Gasteiger partial charge in [-0.3, -0.25) is 4.98 Å². The maximum atomic E-state index is 14.2. The highest BCUT2D eigenvalue weighted by Gasteiger charge is 2.27. The highest BCUT2D eigenvalue weighted by Crippen LogP contribution is 2.30. The molecule has 0 radical (unpaired) electrons. The molecule has 1 atom stereocenters. The van der Waals surface area contributed by atoms with Gasteiger partial charge in [0.1, 0.15) is 17.5 Å². The van der Waals surface area contributed by atoms with E-state index in [-0.39, 0.29) is 18.5 Å². The maximum Gasteiger partial charge on any atom is 0.165 e. The molecule has 0 aliphatic carbocycles. The molecule has 8 heteroatoms. The number of aliphatic hydroxyl groups excluding tert-OH is 1. The summed E-state index contributed by atoms with van der Waals surface area (Å²) in [4.78, 5) is 20.4. The minimum atomic E-state index is -0.187. The molecule has 5 rings (SSSR count). The molecule has 7 nitrogen and oxygen atoms in total. The van der Waals surface area contributed by atoms with Crippen molar-refractivity contribution in [1.29, 1.82) is 0 Å². The largest absolute Gasteiger partial charge is 0.394 e. The molecule has 0 bridgehead atoms. The zero-order valence-corrected chi connectivity index (χ0v) is 17.9. The maximum absolute atomic E-state index is 14.2. The number of aliphatic hydroxyl groups is 1. The number of pyridine rings is 1. The Morgan fingerprint density at radius 2 is 1.72 bits per heavy atom. The van der Waals surface area contributed by atoms with Gasteiger partial charge in [0.25, 0.3) is 0 Å². The lowest BCUT2D eigenvalue weighted by molar-refractivity contribution is 0.266. The van der Waals surface area contributed by atoms with Gasteiger partial charge in [0.2, 0.25) is 0 Å². The topological polar surface area (TPSA) is 68.6 Å². The van der Waals surface area contributed by atoms with Crippen molar-refractivity contribution < 1.29 is 9.50 Å². The number of hydrogen-bond acceptors (Lipinski definition) is 7. The van der Waals surface area contributed by atoms with Gasteiger partial charge >= 0.3 is 0 Å². The van der Waals surface area contributed by atoms with Crippen LogP contribution in [0.1, 0.15) is 12.8 Å². The average Bonchev–Trinajstić information content (AvgIpc) is 3.34. The van der Waals surface area contributed by atoms with E-state index in [0.29, 0.717) is 24.6 Å². The van der Waals surface area contributed by atoms with Crippen LogP contribution in [0.5, 0.6) is 0 Å². The Morgan fingerprint density at radius 1 is 0.938 bits per heavy atom. The SMILES string of the molecule is OCC1CCCN1c1cc(N2CCN(c3ccccc3F)CC2)nc(-c2cccnc2)n1. The summed E-state index contributed by atoms with van der Waals surface area (Å²) in [5.74, 6) is 2.13. The lowest BCUT2D eigenvalue weighted by atomic mass is 10.2. The van der Waals surface area contributed by atoms with E-state index in [0.717, 1.165) is 49.7 Å². The molecule has 166 valence electrons. The smallest absolute Gasteiger partial charge is 0.165 e. The van der Waals surface area contributed by atoms with Crippen molar-refractivity contribution in [3.63, 3.8) is 0 Å². The van der Waals surface area contributed by atoms with Gasteiger partial charge in [0, 0.05) is 56.7 Å². The van der Waals surface area contributed by atoms with Gasteiger partial charge in [0.05, 0.1) is 18.3 Å². The predicted molar refractivity (Wildman–Crippen MR) is 124 cm³/mol. The number of aromatic nitrogens is 3. The number of nitrogens with zero attached hydrogens (tertiary/aromatic N) is 6. The first-order chi connectivity index (χ1) is 15.7. The number of piperazine rings is 1. The predicted octanol–water partition coefficient (Wildman–Crippen LogP) is 2.97. The molecule has 4 heterocycles. The number of benzene rings is 1. The van der Waals surface area contributed by atoms with Crippen molar-refractivity contribution in [3.05, 3.63) is 60.7 Å². The van der Waals surface area contributed by atoms with Gasteiger partial charge in [-0.15, -0.1) is 0 Å². The second kappa shape index (κ2) is 9.08. The number of halogens is 1. The molecule has 0 spiro atoms. The third-order valence-electron chi connectivity index (χ3n) is 6.30. The van der Waals surface area contributed by atoms with E-state index in [9.17, 15) is 9.50 Å². The fourth-order valence-electron chi connectivity index (χ4n) is 4.57. The van der Waals surface area contributed by atoms with Crippen LogP contribution in [0.15, 0.2) is 54.9 Å². The Bertz CT molecular complexity index is 1060. The van der Waals surface area contributed by atoms with Gasteiger partial charge in [-0.1, -0.05) is 12.1 Å². The standard InChI is InChI=1S/C24H27FN6O/c25-20-7-1-2-8-21(20)29-11-13-30(14-12-29)22-15-23(31-10-4-6-19(31)17-32)28-24(27-22)18-5-3-9-26-16-18/h1-3,5,7-9,15-16,19,32H,4,6,10-14,17H2. The molecule has 2 aromatic heterocycles. The lowest BCUT2D eigenvalue weighted by Gasteiger charge is -2.37. The van der Waals surface area contributed by atoms with Crippen molar-refractivity contribution in [1.82, 2.24) is 15.0 Å². The monoisotopic (exact) mass is 434 g/mol. The van der Waals surface area contributed by atoms with E-state index in [2.05, 4.69) is 19.7 Å². The molecule has 1 N–H and O–H groups in total. The summed E-state index contributed by atoms with van der Waals surface area (Å²) in [5.41, 5.74) is 1.51. The van der Waals surface area contributed by atoms with Gasteiger partial charge in [0.15, 0.2) is 5.82 Å². The summed E-state index contributed by atoms with van der Waals surface area (Å²) in [5, 5.41) is 9.82. The third-order valence-corrected chi connectivity index (χ3v) is 6.30. The summed E-state index contributed by atoms with van der Waals surface area (Å²) < 4.78 is 14.2. The van der Waals surface area contributed by atoms with Crippen molar-refractivity contribution in [2.75, 3.05) is 54.0 Å². The minimum absolute atomic E-state index is 0.0809. The van der Waals surface area contributed by atoms with E-state index in [1.54, 1.807) is 18.5 Å². The third kappa shape index (κ3) is 4.10. The molecule has 2 saturated heterocycles. The first kappa shape index (κ1) is 20.6. The average molecular weight is 435 g/mol. The van der Waals surface area contributed by atoms with Crippen LogP contribution in [0.4, 0.5) is 21.7 Å². The van der Waals surface area contributed by atoms with Crippen LogP contribution in [0.25, 0.3) is 11.4 Å². The van der Waals surface area contributed by atoms with Crippen LogP contribution in [-0.4, -0.2) is 65.4 Å². The van der Waals surface area contributed by atoms with Crippen LogP contribution < -0.4 is 14.7 Å². The van der Waals surface area contributed by atoms with E-state index in [1.165, 1.54) is 6.07 Å². The molecule has 1 aromatic carbocycles. The summed E-state index contributed by atoms with van der Waals surface area (Å²) >= 11 is 0. The fraction of sp³-hybridized carbons (Fsp3) is 0.375. The van der Waals surface area contributed by atoms with E-state index < -0.39 is 0 Å². The van der Waals surface area contributed by atoms with Gasteiger partial charge in [-0.25, -0.2) is 14.4 Å². The van der Waals surface area contributed by atoms with Crippen LogP contribution in [0.3, 0.4) is 0 Å². The quantitative estimate of drug-likeness (QED) is 0.662. The summed E-state index contributed by atoms with van der Waals surface area (Å²) in [7, 11) is 0. The molecule has 3 aromatic rings. The summed E-state index contributed by atoms with van der Waals surface area (Å²) in [6.45, 7) is 3.89. The Balaban J connectivity index is 1.43. The van der Waals surface area contributed by atoms with E-state index in [1.807, 2.05) is 30.3 Å². The highest BCUT2D eigenvalue weighted by atomic mass is 19.1. The number of hydrogen-bond donors (Lipinski definition) is 1. The molecule has 2 aliphatic rings. The van der Waals surface area contributed by atoms with Gasteiger partial charge in [-0.05, 0) is 37.1 Å². The zero-order valence-electron chi connectivity index (χ0n) is 17.9. The first-order valence-electron chi connectivity index (χ1n) is 11.1. The zero-order chi connectivity index (χ0) is 21.9.